The van der Waals surface area contributed by atoms with Crippen molar-refractivity contribution in [3.63, 3.8) is 0 Å². The molecule has 1 rings (SSSR count). The lowest BCUT2D eigenvalue weighted by Crippen LogP contribution is -2.37. The molecule has 1 aromatic rings. The number of phosphoric acid groups is 1. The van der Waals surface area contributed by atoms with Crippen LogP contribution in [0.25, 0.3) is 0 Å². The maximum absolute atomic E-state index is 11.2. The summed E-state index contributed by atoms with van der Waals surface area (Å²) in [6.45, 7) is 0.833. The van der Waals surface area contributed by atoms with Gasteiger partial charge in [-0.2, -0.15) is 0 Å². The van der Waals surface area contributed by atoms with Crippen LogP contribution in [0.15, 0.2) is 6.20 Å². The third-order valence-corrected chi connectivity index (χ3v) is 3.79. The third-order valence-electron chi connectivity index (χ3n) is 3.32. The summed E-state index contributed by atoms with van der Waals surface area (Å²) in [5.74, 6) is -2.11. The Morgan fingerprint density at radius 3 is 2.60 bits per heavy atom. The maximum atomic E-state index is 11.2. The number of amides is 1. The number of hydrogen-bond donors (Lipinski definition) is 6. The second-order valence-electron chi connectivity index (χ2n) is 5.24. The summed E-state index contributed by atoms with van der Waals surface area (Å²) in [5, 5.41) is 21.9. The van der Waals surface area contributed by atoms with Gasteiger partial charge in [0.1, 0.15) is 11.8 Å². The summed E-state index contributed by atoms with van der Waals surface area (Å²) in [6, 6.07) is -1.10. The molecule has 0 aromatic carbocycles. The quantitative estimate of drug-likeness (QED) is 0.290. The maximum Gasteiger partial charge on any atom is 0.469 e. The molecule has 0 aliphatic heterocycles. The predicted octanol–water partition coefficient (Wildman–Crippen LogP) is -0.487. The molecule has 0 aliphatic carbocycles. The molecule has 0 bridgehead atoms. The Labute approximate surface area is 143 Å². The van der Waals surface area contributed by atoms with E-state index in [1.54, 1.807) is 0 Å². The van der Waals surface area contributed by atoms with E-state index in [4.69, 9.17) is 20.6 Å². The van der Waals surface area contributed by atoms with E-state index in [-0.39, 0.29) is 42.0 Å². The van der Waals surface area contributed by atoms with Gasteiger partial charge in [0.2, 0.25) is 5.91 Å². The number of nitrogens with one attached hydrogen (secondary N) is 1. The zero-order chi connectivity index (χ0) is 19.2. The monoisotopic (exact) mass is 377 g/mol. The van der Waals surface area contributed by atoms with Gasteiger partial charge in [-0.05, 0) is 13.3 Å². The van der Waals surface area contributed by atoms with Gasteiger partial charge in [0.05, 0.1) is 12.3 Å². The number of hydrogen-bond acceptors (Lipinski definition) is 7. The van der Waals surface area contributed by atoms with Crippen LogP contribution in [0.4, 0.5) is 0 Å². The van der Waals surface area contributed by atoms with Gasteiger partial charge >= 0.3 is 13.8 Å². The molecule has 0 aliphatic rings. The summed E-state index contributed by atoms with van der Waals surface area (Å²) < 4.78 is 15.2. The fraction of sp³-hybridized carbons (Fsp3) is 0.462. The molecule has 0 saturated heterocycles. The van der Waals surface area contributed by atoms with Crippen molar-refractivity contribution in [2.24, 2.45) is 5.73 Å². The van der Waals surface area contributed by atoms with E-state index < -0.39 is 32.3 Å². The predicted molar refractivity (Wildman–Crippen MR) is 84.2 cm³/mol. The Kier molecular flexibility index (Phi) is 7.46. The molecule has 25 heavy (non-hydrogen) atoms. The topological polar surface area (TPSA) is 192 Å². The lowest BCUT2D eigenvalue weighted by molar-refractivity contribution is -0.139. The number of phosphoric ester groups is 1. The first-order chi connectivity index (χ1) is 11.5. The summed E-state index contributed by atoms with van der Waals surface area (Å²) in [7, 11) is -4.73. The molecule has 11 nitrogen and oxygen atoms in total. The SMILES string of the molecule is Cc1ncc(COP(=O)(O)O)c(CN[C@@H](CCC(N)=O)C(=O)O)c1O. The van der Waals surface area contributed by atoms with Crippen LogP contribution >= 0.6 is 7.82 Å². The minimum atomic E-state index is -4.73. The summed E-state index contributed by atoms with van der Waals surface area (Å²) >= 11 is 0. The van der Waals surface area contributed by atoms with Crippen LogP contribution in [0.1, 0.15) is 29.7 Å². The third kappa shape index (κ3) is 7.16. The van der Waals surface area contributed by atoms with Gasteiger partial charge in [0, 0.05) is 30.3 Å². The van der Waals surface area contributed by atoms with Crippen LogP contribution in [0.5, 0.6) is 5.75 Å². The standard InChI is InChI=1S/C13H20N3O8P/c1-7-12(18)9(8(4-15-7)6-24-25(21,22)23)5-16-10(13(19)20)2-3-11(14)17/h4,10,16,18H,2-3,5-6H2,1H3,(H2,14,17)(H,19,20)(H2,21,22,23)/t10-/m0/s1. The van der Waals surface area contributed by atoms with Gasteiger partial charge in [-0.15, -0.1) is 0 Å². The molecule has 0 spiro atoms. The number of carboxylic acid groups (broad SMARTS) is 1. The smallest absolute Gasteiger partial charge is 0.469 e. The Bertz CT molecular complexity index is 690. The normalized spacial score (nSPS) is 12.8. The number of carbonyl (C=O) groups is 2. The van der Waals surface area contributed by atoms with Crippen molar-refractivity contribution in [1.82, 2.24) is 10.3 Å². The molecule has 0 radical (unpaired) electrons. The van der Waals surface area contributed by atoms with Gasteiger partial charge < -0.3 is 31.1 Å². The Morgan fingerprint density at radius 1 is 1.44 bits per heavy atom. The number of primary amides is 1. The molecular formula is C13H20N3O8P. The highest BCUT2D eigenvalue weighted by Crippen LogP contribution is 2.38. The average molecular weight is 377 g/mol. The number of carboxylic acids is 1. The second kappa shape index (κ2) is 8.88. The van der Waals surface area contributed by atoms with Crippen LogP contribution in [-0.4, -0.2) is 42.9 Å². The van der Waals surface area contributed by atoms with Crippen LogP contribution < -0.4 is 11.1 Å². The molecule has 1 atom stereocenters. The van der Waals surface area contributed by atoms with E-state index in [1.165, 1.54) is 13.1 Å². The van der Waals surface area contributed by atoms with Gasteiger partial charge in [0.25, 0.3) is 0 Å². The molecule has 0 unspecified atom stereocenters. The number of aromatic nitrogens is 1. The number of aromatic hydroxyl groups is 1. The number of pyridine rings is 1. The van der Waals surface area contributed by atoms with Crippen LogP contribution in [0, 0.1) is 6.92 Å². The van der Waals surface area contributed by atoms with Crippen LogP contribution in [0.3, 0.4) is 0 Å². The van der Waals surface area contributed by atoms with E-state index in [2.05, 4.69) is 14.8 Å². The minimum absolute atomic E-state index is 0.0518. The van der Waals surface area contributed by atoms with Crippen molar-refractivity contribution in [3.8, 4) is 5.75 Å². The fourth-order valence-electron chi connectivity index (χ4n) is 1.98. The lowest BCUT2D eigenvalue weighted by Gasteiger charge is -2.17. The molecular weight excluding hydrogens is 357 g/mol. The van der Waals surface area contributed by atoms with E-state index >= 15 is 0 Å². The molecule has 140 valence electrons. The van der Waals surface area contributed by atoms with Gasteiger partial charge in [-0.25, -0.2) is 4.57 Å². The minimum Gasteiger partial charge on any atom is -0.506 e. The summed E-state index contributed by atoms with van der Waals surface area (Å²) in [4.78, 5) is 43.4. The number of nitrogens with zero attached hydrogens (tertiary/aromatic N) is 1. The van der Waals surface area contributed by atoms with Crippen molar-refractivity contribution in [3.05, 3.63) is 23.0 Å². The number of carbonyl (C=O) groups excluding carboxylic acids is 1. The molecule has 0 fully saturated rings. The van der Waals surface area contributed by atoms with Crippen LogP contribution in [-0.2, 0) is 31.8 Å². The molecule has 1 aromatic heterocycles. The highest BCUT2D eigenvalue weighted by Gasteiger charge is 2.21. The van der Waals surface area contributed by atoms with E-state index in [0.29, 0.717) is 0 Å². The highest BCUT2D eigenvalue weighted by molar-refractivity contribution is 7.46. The zero-order valence-electron chi connectivity index (χ0n) is 13.4. The Morgan fingerprint density at radius 2 is 2.08 bits per heavy atom. The van der Waals surface area contributed by atoms with Gasteiger partial charge in [-0.1, -0.05) is 0 Å². The first kappa shape index (κ1) is 21.0. The van der Waals surface area contributed by atoms with Crippen molar-refractivity contribution in [2.45, 2.75) is 39.0 Å². The second-order valence-corrected chi connectivity index (χ2v) is 6.48. The summed E-state index contributed by atoms with van der Waals surface area (Å²) in [6.07, 6.45) is 1.07. The van der Waals surface area contributed by atoms with Crippen molar-refractivity contribution in [2.75, 3.05) is 0 Å². The molecule has 7 N–H and O–H groups in total. The lowest BCUT2D eigenvalue weighted by atomic mass is 10.1. The van der Waals surface area contributed by atoms with Crippen molar-refractivity contribution in [1.29, 1.82) is 0 Å². The average Bonchev–Trinajstić information content (AvgIpc) is 2.48. The molecule has 1 heterocycles. The van der Waals surface area contributed by atoms with Crippen LogP contribution in [0.2, 0.25) is 0 Å². The van der Waals surface area contributed by atoms with Gasteiger partial charge in [0.15, 0.2) is 0 Å². The Hall–Kier alpha value is -2.04. The number of rotatable bonds is 10. The van der Waals surface area contributed by atoms with Gasteiger partial charge in [-0.3, -0.25) is 19.1 Å². The molecule has 1 amide bonds. The zero-order valence-corrected chi connectivity index (χ0v) is 14.3. The number of nitrogens with two attached hydrogens (primary N) is 1. The largest absolute Gasteiger partial charge is 0.506 e. The Balaban J connectivity index is 2.94. The van der Waals surface area contributed by atoms with E-state index in [0.717, 1.165) is 0 Å². The number of aliphatic carboxylic acids is 1. The first-order valence-corrected chi connectivity index (χ1v) is 8.65. The van der Waals surface area contributed by atoms with E-state index in [9.17, 15) is 19.3 Å². The molecule has 0 saturated carbocycles. The fourth-order valence-corrected chi connectivity index (χ4v) is 2.29. The van der Waals surface area contributed by atoms with E-state index in [1.807, 2.05) is 0 Å². The highest BCUT2D eigenvalue weighted by atomic mass is 31.2. The number of aryl methyl sites for hydroxylation is 1. The van der Waals surface area contributed by atoms with Crippen molar-refractivity contribution < 1.29 is 38.7 Å². The summed E-state index contributed by atoms with van der Waals surface area (Å²) in [5.41, 5.74) is 5.61. The van der Waals surface area contributed by atoms with Crippen molar-refractivity contribution >= 4 is 19.7 Å². The molecule has 12 heteroatoms. The first-order valence-electron chi connectivity index (χ1n) is 7.12.